The number of fused-ring (bicyclic) bond motifs is 1. The molecule has 6 nitrogen and oxygen atoms in total. The highest BCUT2D eigenvalue weighted by Gasteiger charge is 2.38. The first-order valence-corrected chi connectivity index (χ1v) is 9.41. The Kier molecular flexibility index (Phi) is 5.87. The van der Waals surface area contributed by atoms with Gasteiger partial charge in [-0.1, -0.05) is 29.8 Å². The molecule has 0 aliphatic carbocycles. The molecule has 1 aliphatic heterocycles. The number of ether oxygens (including phenoxy) is 2. The van der Waals surface area contributed by atoms with Gasteiger partial charge in [-0.3, -0.25) is 4.79 Å². The predicted molar refractivity (Wildman–Crippen MR) is 109 cm³/mol. The highest BCUT2D eigenvalue weighted by atomic mass is 16.6. The highest BCUT2D eigenvalue weighted by Crippen LogP contribution is 2.34. The topological polar surface area (TPSA) is 67.9 Å². The van der Waals surface area contributed by atoms with Crippen molar-refractivity contribution in [1.29, 1.82) is 0 Å². The van der Waals surface area contributed by atoms with Crippen LogP contribution in [0.1, 0.15) is 25.8 Å². The third-order valence-corrected chi connectivity index (χ3v) is 4.59. The molecule has 0 spiro atoms. The fourth-order valence-corrected chi connectivity index (χ4v) is 3.10. The molecule has 6 heteroatoms. The second kappa shape index (κ2) is 8.33. The van der Waals surface area contributed by atoms with Crippen LogP contribution in [0.25, 0.3) is 0 Å². The largest absolute Gasteiger partial charge is 0.482 e. The number of carbonyl (C=O) groups excluding carboxylic acids is 2. The number of esters is 1. The Labute approximate surface area is 165 Å². The first-order chi connectivity index (χ1) is 13.4. The molecule has 0 unspecified atom stereocenters. The maximum atomic E-state index is 12.8. The summed E-state index contributed by atoms with van der Waals surface area (Å²) < 4.78 is 10.6. The normalized spacial score (nSPS) is 14.8. The maximum Gasteiger partial charge on any atom is 0.344 e. The Morgan fingerprint density at radius 2 is 1.82 bits per heavy atom. The minimum Gasteiger partial charge on any atom is -0.482 e. The van der Waals surface area contributed by atoms with E-state index in [1.54, 1.807) is 4.90 Å². The van der Waals surface area contributed by atoms with Crippen molar-refractivity contribution in [3.8, 4) is 5.75 Å². The van der Waals surface area contributed by atoms with Crippen LogP contribution < -0.4 is 15.0 Å². The standard InChI is InChI=1S/C22H26N2O4/c1-16-9-11-17(12-10-16)28-15-20(25)27-14-6-13-24-19-8-5-4-7-18(19)23-22(2,3)21(24)26/h4-5,7-12,23H,6,13-15H2,1-3H3. The number of aryl methyl sites for hydroxylation is 1. The number of hydrogen-bond acceptors (Lipinski definition) is 5. The summed E-state index contributed by atoms with van der Waals surface area (Å²) in [6.07, 6.45) is 0.548. The van der Waals surface area contributed by atoms with Gasteiger partial charge >= 0.3 is 5.97 Å². The smallest absolute Gasteiger partial charge is 0.344 e. The molecular weight excluding hydrogens is 356 g/mol. The van der Waals surface area contributed by atoms with E-state index in [4.69, 9.17) is 9.47 Å². The first kappa shape index (κ1) is 19.7. The molecule has 0 fully saturated rings. The lowest BCUT2D eigenvalue weighted by Gasteiger charge is -2.39. The monoisotopic (exact) mass is 382 g/mol. The van der Waals surface area contributed by atoms with Crippen molar-refractivity contribution >= 4 is 23.3 Å². The molecule has 148 valence electrons. The Balaban J connectivity index is 1.47. The van der Waals surface area contributed by atoms with Crippen molar-refractivity contribution in [2.75, 3.05) is 30.0 Å². The average molecular weight is 382 g/mol. The number of carbonyl (C=O) groups is 2. The summed E-state index contributed by atoms with van der Waals surface area (Å²) in [4.78, 5) is 26.4. The van der Waals surface area contributed by atoms with Crippen molar-refractivity contribution in [3.63, 3.8) is 0 Å². The summed E-state index contributed by atoms with van der Waals surface area (Å²) in [6.45, 7) is 6.29. The zero-order valence-corrected chi connectivity index (χ0v) is 16.5. The highest BCUT2D eigenvalue weighted by molar-refractivity contribution is 6.07. The molecule has 3 rings (SSSR count). The van der Waals surface area contributed by atoms with Gasteiger partial charge in [-0.2, -0.15) is 0 Å². The van der Waals surface area contributed by atoms with E-state index in [0.717, 1.165) is 16.9 Å². The van der Waals surface area contributed by atoms with Gasteiger partial charge in [0.15, 0.2) is 6.61 Å². The van der Waals surface area contributed by atoms with E-state index in [1.165, 1.54) is 0 Å². The molecule has 1 amide bonds. The van der Waals surface area contributed by atoms with E-state index in [9.17, 15) is 9.59 Å². The molecule has 1 aliphatic rings. The SMILES string of the molecule is Cc1ccc(OCC(=O)OCCCN2C(=O)C(C)(C)Nc3ccccc32)cc1. The fourth-order valence-electron chi connectivity index (χ4n) is 3.10. The van der Waals surface area contributed by atoms with Crippen LogP contribution in [-0.4, -0.2) is 37.2 Å². The summed E-state index contributed by atoms with van der Waals surface area (Å²) in [6, 6.07) is 15.2. The number of nitrogens with one attached hydrogen (secondary N) is 1. The molecule has 1 N–H and O–H groups in total. The van der Waals surface area contributed by atoms with Crippen LogP contribution in [-0.2, 0) is 14.3 Å². The summed E-state index contributed by atoms with van der Waals surface area (Å²) in [7, 11) is 0. The van der Waals surface area contributed by atoms with Gasteiger partial charge in [-0.05, 0) is 51.5 Å². The Hall–Kier alpha value is -3.02. The predicted octanol–water partition coefficient (Wildman–Crippen LogP) is 3.54. The van der Waals surface area contributed by atoms with Crippen LogP contribution in [0.2, 0.25) is 0 Å². The number of benzene rings is 2. The molecular formula is C22H26N2O4. The average Bonchev–Trinajstić information content (AvgIpc) is 2.67. The van der Waals surface area contributed by atoms with E-state index in [-0.39, 0.29) is 19.1 Å². The third-order valence-electron chi connectivity index (χ3n) is 4.59. The van der Waals surface area contributed by atoms with Crippen molar-refractivity contribution < 1.29 is 19.1 Å². The van der Waals surface area contributed by atoms with Gasteiger partial charge in [0.25, 0.3) is 5.91 Å². The molecule has 0 bridgehead atoms. The minimum atomic E-state index is -0.674. The van der Waals surface area contributed by atoms with Gasteiger partial charge in [0.2, 0.25) is 0 Å². The van der Waals surface area contributed by atoms with Crippen LogP contribution in [0.5, 0.6) is 5.75 Å². The number of para-hydroxylation sites is 2. The van der Waals surface area contributed by atoms with E-state index in [2.05, 4.69) is 5.32 Å². The third kappa shape index (κ3) is 4.63. The second-order valence-corrected chi connectivity index (χ2v) is 7.40. The molecule has 2 aromatic rings. The van der Waals surface area contributed by atoms with Crippen molar-refractivity contribution in [2.45, 2.75) is 32.7 Å². The lowest BCUT2D eigenvalue weighted by molar-refractivity contribution is -0.146. The van der Waals surface area contributed by atoms with Gasteiger partial charge in [-0.25, -0.2) is 4.79 Å². The second-order valence-electron chi connectivity index (χ2n) is 7.40. The first-order valence-electron chi connectivity index (χ1n) is 9.41. The fraction of sp³-hybridized carbons (Fsp3) is 0.364. The Morgan fingerprint density at radius 1 is 1.11 bits per heavy atom. The van der Waals surface area contributed by atoms with Gasteiger partial charge in [0.05, 0.1) is 18.0 Å². The van der Waals surface area contributed by atoms with Crippen LogP contribution in [0, 0.1) is 6.92 Å². The number of rotatable bonds is 7. The molecule has 2 aromatic carbocycles. The molecule has 1 heterocycles. The molecule has 28 heavy (non-hydrogen) atoms. The van der Waals surface area contributed by atoms with Crippen LogP contribution >= 0.6 is 0 Å². The summed E-state index contributed by atoms with van der Waals surface area (Å²) >= 11 is 0. The minimum absolute atomic E-state index is 0.000214. The molecule has 0 saturated heterocycles. The zero-order valence-electron chi connectivity index (χ0n) is 16.5. The summed E-state index contributed by atoms with van der Waals surface area (Å²) in [5.41, 5.74) is 2.23. The van der Waals surface area contributed by atoms with Crippen molar-refractivity contribution in [3.05, 3.63) is 54.1 Å². The molecule has 0 aromatic heterocycles. The molecule has 0 saturated carbocycles. The number of anilines is 2. The molecule has 0 radical (unpaired) electrons. The quantitative estimate of drug-likeness (QED) is 0.586. The number of nitrogens with zero attached hydrogens (tertiary/aromatic N) is 1. The Bertz CT molecular complexity index is 846. The van der Waals surface area contributed by atoms with E-state index in [0.29, 0.717) is 18.7 Å². The zero-order chi connectivity index (χ0) is 20.1. The lowest BCUT2D eigenvalue weighted by atomic mass is 9.98. The van der Waals surface area contributed by atoms with Crippen LogP contribution in [0.4, 0.5) is 11.4 Å². The van der Waals surface area contributed by atoms with Crippen LogP contribution in [0.3, 0.4) is 0 Å². The van der Waals surface area contributed by atoms with Gasteiger partial charge in [0, 0.05) is 6.54 Å². The van der Waals surface area contributed by atoms with Crippen LogP contribution in [0.15, 0.2) is 48.5 Å². The van der Waals surface area contributed by atoms with Gasteiger partial charge in [0.1, 0.15) is 11.3 Å². The van der Waals surface area contributed by atoms with Gasteiger partial charge in [-0.15, -0.1) is 0 Å². The number of amides is 1. The van der Waals surface area contributed by atoms with E-state index < -0.39 is 11.5 Å². The van der Waals surface area contributed by atoms with Gasteiger partial charge < -0.3 is 19.7 Å². The van der Waals surface area contributed by atoms with Crippen molar-refractivity contribution in [1.82, 2.24) is 0 Å². The number of hydrogen-bond donors (Lipinski definition) is 1. The van der Waals surface area contributed by atoms with E-state index >= 15 is 0 Å². The van der Waals surface area contributed by atoms with E-state index in [1.807, 2.05) is 69.3 Å². The molecule has 0 atom stereocenters. The summed E-state index contributed by atoms with van der Waals surface area (Å²) in [5.74, 6) is 0.209. The summed E-state index contributed by atoms with van der Waals surface area (Å²) in [5, 5.41) is 3.27. The van der Waals surface area contributed by atoms with Crippen molar-refractivity contribution in [2.24, 2.45) is 0 Å². The maximum absolute atomic E-state index is 12.8. The lowest BCUT2D eigenvalue weighted by Crippen LogP contribution is -2.54. The Morgan fingerprint density at radius 3 is 2.57 bits per heavy atom.